The second kappa shape index (κ2) is 6.80. The summed E-state index contributed by atoms with van der Waals surface area (Å²) in [4.78, 5) is 25.3. The average molecular weight is 343 g/mol. The van der Waals surface area contributed by atoms with Crippen molar-refractivity contribution in [1.82, 2.24) is 4.90 Å². The van der Waals surface area contributed by atoms with Gasteiger partial charge in [0.15, 0.2) is 0 Å². The maximum atomic E-state index is 13.5. The Bertz CT molecular complexity index is 838. The van der Waals surface area contributed by atoms with Crippen LogP contribution in [0.2, 0.25) is 0 Å². The van der Waals surface area contributed by atoms with E-state index in [0.717, 1.165) is 23.8 Å². The molecule has 3 N–H and O–H groups in total. The molecule has 0 saturated carbocycles. The molecule has 0 radical (unpaired) electrons. The molecule has 3 rings (SSSR count). The minimum Gasteiger partial charge on any atom is -0.497 e. The van der Waals surface area contributed by atoms with Gasteiger partial charge >= 0.3 is 6.03 Å². The lowest BCUT2D eigenvalue weighted by atomic mass is 10.00. The fourth-order valence-electron chi connectivity index (χ4n) is 2.83. The summed E-state index contributed by atoms with van der Waals surface area (Å²) in [5.41, 5.74) is 7.39. The number of hydrogen-bond donors (Lipinski definition) is 2. The Morgan fingerprint density at radius 2 is 2.00 bits per heavy atom. The molecule has 0 aliphatic carbocycles. The largest absolute Gasteiger partial charge is 0.497 e. The number of hydrogen-bond acceptors (Lipinski definition) is 3. The van der Waals surface area contributed by atoms with Crippen molar-refractivity contribution < 1.29 is 18.7 Å². The number of halogens is 1. The monoisotopic (exact) mass is 343 g/mol. The zero-order valence-electron chi connectivity index (χ0n) is 13.7. The van der Waals surface area contributed by atoms with Crippen molar-refractivity contribution in [3.63, 3.8) is 0 Å². The molecule has 0 bridgehead atoms. The first-order valence-corrected chi connectivity index (χ1v) is 7.79. The molecule has 130 valence electrons. The van der Waals surface area contributed by atoms with E-state index >= 15 is 0 Å². The summed E-state index contributed by atoms with van der Waals surface area (Å²) < 4.78 is 18.7. The highest BCUT2D eigenvalue weighted by Gasteiger charge is 2.21. The van der Waals surface area contributed by atoms with Gasteiger partial charge in [-0.2, -0.15) is 0 Å². The third kappa shape index (κ3) is 3.55. The van der Waals surface area contributed by atoms with E-state index in [1.165, 1.54) is 17.7 Å². The number of carbonyl (C=O) groups is 2. The van der Waals surface area contributed by atoms with E-state index in [9.17, 15) is 14.0 Å². The van der Waals surface area contributed by atoms with Crippen LogP contribution in [0.25, 0.3) is 0 Å². The summed E-state index contributed by atoms with van der Waals surface area (Å²) in [6.45, 7) is 1.01. The molecule has 0 fully saturated rings. The number of benzene rings is 2. The van der Waals surface area contributed by atoms with Crippen LogP contribution >= 0.6 is 0 Å². The van der Waals surface area contributed by atoms with Crippen molar-refractivity contribution in [3.05, 3.63) is 58.9 Å². The summed E-state index contributed by atoms with van der Waals surface area (Å²) >= 11 is 0. The predicted octanol–water partition coefficient (Wildman–Crippen LogP) is 2.52. The molecule has 0 spiro atoms. The predicted molar refractivity (Wildman–Crippen MR) is 91.0 cm³/mol. The van der Waals surface area contributed by atoms with Crippen LogP contribution < -0.4 is 15.8 Å². The van der Waals surface area contributed by atoms with Crippen LogP contribution in [0.15, 0.2) is 36.4 Å². The van der Waals surface area contributed by atoms with Crippen LogP contribution in [0.5, 0.6) is 5.75 Å². The Morgan fingerprint density at radius 1 is 1.20 bits per heavy atom. The molecule has 0 unspecified atom stereocenters. The van der Waals surface area contributed by atoms with Crippen LogP contribution in [0.4, 0.5) is 14.9 Å². The highest BCUT2D eigenvalue weighted by Crippen LogP contribution is 2.24. The molecule has 6 nitrogen and oxygen atoms in total. The van der Waals surface area contributed by atoms with Gasteiger partial charge in [-0.05, 0) is 47.9 Å². The molecule has 2 aromatic rings. The number of amides is 3. The van der Waals surface area contributed by atoms with Crippen molar-refractivity contribution in [2.45, 2.75) is 13.0 Å². The number of primary amides is 1. The van der Waals surface area contributed by atoms with E-state index in [2.05, 4.69) is 5.32 Å². The number of ether oxygens (including phenoxy) is 1. The molecule has 3 amide bonds. The van der Waals surface area contributed by atoms with Gasteiger partial charge in [0.1, 0.15) is 11.6 Å². The smallest absolute Gasteiger partial charge is 0.322 e. The van der Waals surface area contributed by atoms with E-state index < -0.39 is 11.7 Å². The first kappa shape index (κ1) is 16.8. The van der Waals surface area contributed by atoms with Crippen LogP contribution in [-0.2, 0) is 13.0 Å². The SMILES string of the molecule is COc1ccc2c(c1)CN(C(=O)Nc1ccc(F)c(C(N)=O)c1)CC2. The maximum Gasteiger partial charge on any atom is 0.322 e. The Morgan fingerprint density at radius 3 is 2.72 bits per heavy atom. The van der Waals surface area contributed by atoms with Gasteiger partial charge < -0.3 is 20.7 Å². The summed E-state index contributed by atoms with van der Waals surface area (Å²) in [6, 6.07) is 9.22. The lowest BCUT2D eigenvalue weighted by molar-refractivity contribution is 0.0996. The standard InChI is InChI=1S/C18H18FN3O3/c1-25-14-4-2-11-6-7-22(10-12(11)8-14)18(24)21-13-3-5-16(19)15(9-13)17(20)23/h2-5,8-9H,6-7,10H2,1H3,(H2,20,23)(H,21,24). The summed E-state index contributed by atoms with van der Waals surface area (Å²) in [5, 5.41) is 2.67. The quantitative estimate of drug-likeness (QED) is 0.898. The second-order valence-corrected chi connectivity index (χ2v) is 5.80. The van der Waals surface area contributed by atoms with E-state index in [-0.39, 0.29) is 11.6 Å². The van der Waals surface area contributed by atoms with Crippen LogP contribution in [0.1, 0.15) is 21.5 Å². The fraction of sp³-hybridized carbons (Fsp3) is 0.222. The number of nitrogens with zero attached hydrogens (tertiary/aromatic N) is 1. The van der Waals surface area contributed by atoms with Gasteiger partial charge in [-0.3, -0.25) is 4.79 Å². The van der Waals surface area contributed by atoms with Gasteiger partial charge in [-0.15, -0.1) is 0 Å². The second-order valence-electron chi connectivity index (χ2n) is 5.80. The molecule has 1 aliphatic heterocycles. The third-order valence-electron chi connectivity index (χ3n) is 4.20. The van der Waals surface area contributed by atoms with Crippen molar-refractivity contribution in [2.24, 2.45) is 5.73 Å². The number of fused-ring (bicyclic) bond motifs is 1. The molecule has 0 aromatic heterocycles. The number of methoxy groups -OCH3 is 1. The number of urea groups is 1. The Balaban J connectivity index is 1.74. The molecule has 1 heterocycles. The summed E-state index contributed by atoms with van der Waals surface area (Å²) in [6.07, 6.45) is 0.739. The lowest BCUT2D eigenvalue weighted by Gasteiger charge is -2.29. The molecule has 0 saturated heterocycles. The Kier molecular flexibility index (Phi) is 4.56. The molecule has 2 aromatic carbocycles. The first-order valence-electron chi connectivity index (χ1n) is 7.79. The zero-order valence-corrected chi connectivity index (χ0v) is 13.7. The number of nitrogens with one attached hydrogen (secondary N) is 1. The van der Waals surface area contributed by atoms with Crippen LogP contribution in [0.3, 0.4) is 0 Å². The molecular formula is C18H18FN3O3. The van der Waals surface area contributed by atoms with Crippen molar-refractivity contribution in [1.29, 1.82) is 0 Å². The normalized spacial score (nSPS) is 13.1. The number of rotatable bonds is 3. The van der Waals surface area contributed by atoms with Gasteiger partial charge in [0, 0.05) is 18.8 Å². The maximum absolute atomic E-state index is 13.5. The molecule has 1 aliphatic rings. The molecule has 0 atom stereocenters. The molecular weight excluding hydrogens is 325 g/mol. The van der Waals surface area contributed by atoms with Gasteiger partial charge in [0.05, 0.1) is 12.7 Å². The Hall–Kier alpha value is -3.09. The topological polar surface area (TPSA) is 84.7 Å². The first-order chi connectivity index (χ1) is 12.0. The van der Waals surface area contributed by atoms with E-state index in [4.69, 9.17) is 10.5 Å². The highest BCUT2D eigenvalue weighted by molar-refractivity contribution is 5.96. The fourth-order valence-corrected chi connectivity index (χ4v) is 2.83. The number of nitrogens with two attached hydrogens (primary N) is 1. The van der Waals surface area contributed by atoms with E-state index in [0.29, 0.717) is 18.8 Å². The number of carbonyl (C=O) groups excluding carboxylic acids is 2. The minimum absolute atomic E-state index is 0.258. The average Bonchev–Trinajstić information content (AvgIpc) is 2.62. The van der Waals surface area contributed by atoms with Crippen molar-refractivity contribution >= 4 is 17.6 Å². The Labute approximate surface area is 144 Å². The van der Waals surface area contributed by atoms with Gasteiger partial charge in [-0.1, -0.05) is 6.07 Å². The summed E-state index contributed by atoms with van der Waals surface area (Å²) in [5.74, 6) is -0.859. The van der Waals surface area contributed by atoms with Crippen molar-refractivity contribution in [3.8, 4) is 5.75 Å². The number of anilines is 1. The lowest BCUT2D eigenvalue weighted by Crippen LogP contribution is -2.38. The molecule has 25 heavy (non-hydrogen) atoms. The third-order valence-corrected chi connectivity index (χ3v) is 4.20. The van der Waals surface area contributed by atoms with E-state index in [1.807, 2.05) is 18.2 Å². The van der Waals surface area contributed by atoms with E-state index in [1.54, 1.807) is 12.0 Å². The summed E-state index contributed by atoms with van der Waals surface area (Å²) in [7, 11) is 1.60. The van der Waals surface area contributed by atoms with Gasteiger partial charge in [0.25, 0.3) is 5.91 Å². The van der Waals surface area contributed by atoms with Gasteiger partial charge in [-0.25, -0.2) is 9.18 Å². The van der Waals surface area contributed by atoms with Crippen LogP contribution in [-0.4, -0.2) is 30.5 Å². The van der Waals surface area contributed by atoms with Gasteiger partial charge in [0.2, 0.25) is 0 Å². The molecule has 7 heteroatoms. The minimum atomic E-state index is -0.882. The van der Waals surface area contributed by atoms with Crippen LogP contribution in [0, 0.1) is 5.82 Å². The zero-order chi connectivity index (χ0) is 18.0. The van der Waals surface area contributed by atoms with Crippen molar-refractivity contribution in [2.75, 3.05) is 19.0 Å². The highest BCUT2D eigenvalue weighted by atomic mass is 19.1.